The van der Waals surface area contributed by atoms with E-state index in [9.17, 15) is 9.90 Å². The number of aromatic amines is 1. The van der Waals surface area contributed by atoms with Crippen molar-refractivity contribution >= 4 is 50.9 Å². The minimum Gasteiger partial charge on any atom is -0.508 e. The molecule has 1 aromatic heterocycles. The van der Waals surface area contributed by atoms with Crippen LogP contribution in [0.3, 0.4) is 0 Å². The first kappa shape index (κ1) is 17.4. The summed E-state index contributed by atoms with van der Waals surface area (Å²) in [5.41, 5.74) is 4.21. The first-order valence-corrected chi connectivity index (χ1v) is 9.41. The van der Waals surface area contributed by atoms with Gasteiger partial charge in [0.15, 0.2) is 0 Å². The number of aromatic hydroxyl groups is 1. The number of H-pyrrole nitrogens is 1. The van der Waals surface area contributed by atoms with Gasteiger partial charge in [0.25, 0.3) is 0 Å². The van der Waals surface area contributed by atoms with Crippen molar-refractivity contribution in [2.45, 2.75) is 0 Å². The fraction of sp³-hybridized carbons (Fsp3) is 0. The number of rotatable bonds is 3. The van der Waals surface area contributed by atoms with Crippen LogP contribution in [0.25, 0.3) is 22.2 Å². The van der Waals surface area contributed by atoms with Gasteiger partial charge >= 0.3 is 6.03 Å². The van der Waals surface area contributed by atoms with Crippen molar-refractivity contribution in [2.24, 2.45) is 0 Å². The topological polar surface area (TPSA) is 77.2 Å². The van der Waals surface area contributed by atoms with Crippen molar-refractivity contribution in [1.82, 2.24) is 4.98 Å². The predicted octanol–water partition coefficient (Wildman–Crippen LogP) is 5.79. The van der Waals surface area contributed by atoms with Gasteiger partial charge in [-0.1, -0.05) is 18.2 Å². The summed E-state index contributed by atoms with van der Waals surface area (Å²) in [5.74, 6) is 0.152. The summed E-state index contributed by atoms with van der Waals surface area (Å²) in [7, 11) is 0. The molecule has 0 aliphatic carbocycles. The molecule has 2 amide bonds. The second-order valence-corrected chi connectivity index (χ2v) is 7.33. The number of nitrogens with one attached hydrogen (secondary N) is 3. The standard InChI is InChI=1S/C21H16IN3O2/c22-14-5-10-17(19-11-13-3-1-2-4-18(13)24-19)20(12-14)25-21(27)23-15-6-8-16(26)9-7-15/h1-12,24,26H,(H2,23,25,27). The average molecular weight is 469 g/mol. The highest BCUT2D eigenvalue weighted by atomic mass is 127. The third-order valence-electron chi connectivity index (χ3n) is 4.18. The first-order valence-electron chi connectivity index (χ1n) is 8.33. The van der Waals surface area contributed by atoms with E-state index in [2.05, 4.69) is 44.3 Å². The molecule has 0 aliphatic heterocycles. The van der Waals surface area contributed by atoms with Crippen molar-refractivity contribution < 1.29 is 9.90 Å². The largest absolute Gasteiger partial charge is 0.508 e. The maximum Gasteiger partial charge on any atom is 0.323 e. The summed E-state index contributed by atoms with van der Waals surface area (Å²) >= 11 is 2.22. The number of halogens is 1. The number of anilines is 2. The van der Waals surface area contributed by atoms with Crippen LogP contribution in [-0.4, -0.2) is 16.1 Å². The van der Waals surface area contributed by atoms with Gasteiger partial charge in [0.2, 0.25) is 0 Å². The summed E-state index contributed by atoms with van der Waals surface area (Å²) < 4.78 is 1.02. The lowest BCUT2D eigenvalue weighted by molar-refractivity contribution is 0.262. The Morgan fingerprint density at radius 1 is 0.926 bits per heavy atom. The van der Waals surface area contributed by atoms with Crippen LogP contribution in [0.2, 0.25) is 0 Å². The molecule has 1 heterocycles. The van der Waals surface area contributed by atoms with E-state index in [0.717, 1.165) is 25.7 Å². The number of carbonyl (C=O) groups is 1. The van der Waals surface area contributed by atoms with E-state index in [4.69, 9.17) is 0 Å². The zero-order chi connectivity index (χ0) is 18.8. The fourth-order valence-corrected chi connectivity index (χ4v) is 3.39. The number of carbonyl (C=O) groups excluding carboxylic acids is 1. The van der Waals surface area contributed by atoms with E-state index in [1.54, 1.807) is 12.1 Å². The molecule has 4 aromatic rings. The van der Waals surface area contributed by atoms with Crippen LogP contribution in [0.5, 0.6) is 5.75 Å². The number of urea groups is 1. The number of amides is 2. The Bertz CT molecular complexity index is 1090. The number of phenolic OH excluding ortho intramolecular Hbond substituents is 1. The van der Waals surface area contributed by atoms with E-state index in [1.165, 1.54) is 12.1 Å². The minimum atomic E-state index is -0.347. The Hall–Kier alpha value is -3.00. The summed E-state index contributed by atoms with van der Waals surface area (Å²) in [5, 5.41) is 16.2. The van der Waals surface area contributed by atoms with Crippen LogP contribution >= 0.6 is 22.6 Å². The van der Waals surface area contributed by atoms with Crippen molar-refractivity contribution in [3.63, 3.8) is 0 Å². The SMILES string of the molecule is O=C(Nc1ccc(O)cc1)Nc1cc(I)ccc1-c1cc2ccccc2[nH]1. The lowest BCUT2D eigenvalue weighted by atomic mass is 10.1. The van der Waals surface area contributed by atoms with Crippen LogP contribution in [-0.2, 0) is 0 Å². The molecule has 134 valence electrons. The highest BCUT2D eigenvalue weighted by Gasteiger charge is 2.12. The number of phenols is 1. The van der Waals surface area contributed by atoms with Gasteiger partial charge in [-0.25, -0.2) is 4.79 Å². The van der Waals surface area contributed by atoms with Crippen molar-refractivity contribution in [3.8, 4) is 17.0 Å². The molecule has 4 rings (SSSR count). The van der Waals surface area contributed by atoms with E-state index in [-0.39, 0.29) is 11.8 Å². The van der Waals surface area contributed by atoms with Crippen LogP contribution < -0.4 is 10.6 Å². The van der Waals surface area contributed by atoms with Crippen LogP contribution in [0.1, 0.15) is 0 Å². The Kier molecular flexibility index (Phi) is 4.72. The van der Waals surface area contributed by atoms with Crippen molar-refractivity contribution in [1.29, 1.82) is 0 Å². The van der Waals surface area contributed by atoms with E-state index < -0.39 is 0 Å². The maximum absolute atomic E-state index is 12.4. The molecular formula is C21H16IN3O2. The van der Waals surface area contributed by atoms with Gasteiger partial charge in [-0.15, -0.1) is 0 Å². The lowest BCUT2D eigenvalue weighted by Gasteiger charge is -2.12. The molecule has 4 N–H and O–H groups in total. The fourth-order valence-electron chi connectivity index (χ4n) is 2.90. The molecule has 5 nitrogen and oxygen atoms in total. The van der Waals surface area contributed by atoms with Gasteiger partial charge in [-0.05, 0) is 77.2 Å². The Balaban J connectivity index is 1.63. The van der Waals surface area contributed by atoms with Crippen LogP contribution in [0.4, 0.5) is 16.2 Å². The van der Waals surface area contributed by atoms with Gasteiger partial charge in [0.05, 0.1) is 5.69 Å². The molecule has 0 radical (unpaired) electrons. The van der Waals surface area contributed by atoms with Gasteiger partial charge < -0.3 is 20.7 Å². The van der Waals surface area contributed by atoms with Crippen LogP contribution in [0.15, 0.2) is 72.8 Å². The van der Waals surface area contributed by atoms with Gasteiger partial charge in [-0.2, -0.15) is 0 Å². The molecule has 0 saturated heterocycles. The second-order valence-electron chi connectivity index (χ2n) is 6.09. The summed E-state index contributed by atoms with van der Waals surface area (Å²) in [6, 6.07) is 22.0. The van der Waals surface area contributed by atoms with Crippen molar-refractivity contribution in [2.75, 3.05) is 10.6 Å². The molecule has 0 unspecified atom stereocenters. The van der Waals surface area contributed by atoms with Crippen LogP contribution in [0, 0.1) is 3.57 Å². The van der Waals surface area contributed by atoms with Crippen molar-refractivity contribution in [3.05, 3.63) is 76.4 Å². The molecule has 0 saturated carbocycles. The molecular weight excluding hydrogens is 453 g/mol. The zero-order valence-electron chi connectivity index (χ0n) is 14.2. The molecule has 0 bridgehead atoms. The maximum atomic E-state index is 12.4. The summed E-state index contributed by atoms with van der Waals surface area (Å²) in [6.45, 7) is 0. The number of para-hydroxylation sites is 1. The van der Waals surface area contributed by atoms with Gasteiger partial charge in [0, 0.05) is 31.4 Å². The van der Waals surface area contributed by atoms with E-state index in [0.29, 0.717) is 11.4 Å². The zero-order valence-corrected chi connectivity index (χ0v) is 16.3. The van der Waals surface area contributed by atoms with Gasteiger partial charge in [-0.3, -0.25) is 0 Å². The molecule has 0 spiro atoms. The average Bonchev–Trinajstić information content (AvgIpc) is 3.07. The lowest BCUT2D eigenvalue weighted by Crippen LogP contribution is -2.19. The number of benzene rings is 3. The van der Waals surface area contributed by atoms with Gasteiger partial charge in [0.1, 0.15) is 5.75 Å². The second kappa shape index (κ2) is 7.32. The third-order valence-corrected chi connectivity index (χ3v) is 4.85. The Morgan fingerprint density at radius 3 is 2.48 bits per heavy atom. The molecule has 0 fully saturated rings. The molecule has 0 atom stereocenters. The first-order chi connectivity index (χ1) is 13.1. The number of hydrogen-bond acceptors (Lipinski definition) is 2. The van der Waals surface area contributed by atoms with E-state index >= 15 is 0 Å². The predicted molar refractivity (Wildman–Crippen MR) is 117 cm³/mol. The molecule has 3 aromatic carbocycles. The molecule has 27 heavy (non-hydrogen) atoms. The smallest absolute Gasteiger partial charge is 0.323 e. The minimum absolute atomic E-state index is 0.152. The number of aromatic nitrogens is 1. The number of fused-ring (bicyclic) bond motifs is 1. The molecule has 0 aliphatic rings. The highest BCUT2D eigenvalue weighted by molar-refractivity contribution is 14.1. The monoisotopic (exact) mass is 469 g/mol. The highest BCUT2D eigenvalue weighted by Crippen LogP contribution is 2.31. The molecule has 6 heteroatoms. The Morgan fingerprint density at radius 2 is 1.70 bits per heavy atom. The summed E-state index contributed by atoms with van der Waals surface area (Å²) in [6.07, 6.45) is 0. The quantitative estimate of drug-likeness (QED) is 0.227. The summed E-state index contributed by atoms with van der Waals surface area (Å²) in [4.78, 5) is 15.8. The number of hydrogen-bond donors (Lipinski definition) is 4. The van der Waals surface area contributed by atoms with E-state index in [1.807, 2.05) is 42.5 Å². The normalized spacial score (nSPS) is 10.7. The Labute approximate surface area is 169 Å². The third kappa shape index (κ3) is 3.90.